The molecule has 1 aromatic carbocycles. The van der Waals surface area contributed by atoms with Gasteiger partial charge in [-0.1, -0.05) is 24.3 Å². The van der Waals surface area contributed by atoms with Crippen LogP contribution in [0.25, 0.3) is 16.5 Å². The second-order valence-electron chi connectivity index (χ2n) is 7.40. The van der Waals surface area contributed by atoms with E-state index in [0.717, 1.165) is 28.4 Å². The zero-order valence-electron chi connectivity index (χ0n) is 16.7. The van der Waals surface area contributed by atoms with E-state index in [0.29, 0.717) is 41.7 Å². The van der Waals surface area contributed by atoms with Crippen molar-refractivity contribution in [1.82, 2.24) is 14.5 Å². The monoisotopic (exact) mass is 458 g/mol. The molecule has 0 saturated heterocycles. The van der Waals surface area contributed by atoms with Gasteiger partial charge in [0.2, 0.25) is 5.95 Å². The maximum absolute atomic E-state index is 12.8. The van der Waals surface area contributed by atoms with Gasteiger partial charge in [-0.25, -0.2) is 9.78 Å². The van der Waals surface area contributed by atoms with Crippen molar-refractivity contribution in [2.45, 2.75) is 19.1 Å². The molecule has 0 radical (unpaired) electrons. The zero-order chi connectivity index (χ0) is 22.3. The van der Waals surface area contributed by atoms with Gasteiger partial charge >= 0.3 is 11.9 Å². The number of hydrogen-bond acceptors (Lipinski definition) is 6. The van der Waals surface area contributed by atoms with Crippen LogP contribution < -0.4 is 10.6 Å². The lowest BCUT2D eigenvalue weighted by molar-refractivity contribution is -0.134. The number of alkyl halides is 3. The van der Waals surface area contributed by atoms with Crippen molar-refractivity contribution in [3.05, 3.63) is 80.9 Å². The minimum atomic E-state index is -4.39. The Bertz CT molecular complexity index is 1340. The van der Waals surface area contributed by atoms with Gasteiger partial charge in [-0.05, 0) is 36.3 Å². The third kappa shape index (κ3) is 4.05. The molecular weight excluding hydrogens is 441 g/mol. The van der Waals surface area contributed by atoms with Gasteiger partial charge in [0.05, 0.1) is 6.54 Å². The number of para-hydroxylation sites is 1. The number of aromatic nitrogens is 3. The molecule has 5 rings (SSSR count). The van der Waals surface area contributed by atoms with Crippen molar-refractivity contribution < 1.29 is 17.6 Å². The second kappa shape index (κ2) is 7.94. The van der Waals surface area contributed by atoms with E-state index in [1.807, 2.05) is 41.3 Å². The first-order valence-electron chi connectivity index (χ1n) is 9.89. The standard InChI is InChI=1S/C22H17F3N4O2S/c23-22(24,25)19-6-5-16(32-19)12-29-13-26-20(27-21(29)30)28-9-7-14(8-10-28)18-11-15-3-1-2-4-17(15)31-18/h1-7,11,13H,8-10,12H2. The summed E-state index contributed by atoms with van der Waals surface area (Å²) in [6, 6.07) is 12.2. The summed E-state index contributed by atoms with van der Waals surface area (Å²) in [5, 5.41) is 1.05. The number of fused-ring (bicyclic) bond motifs is 1. The maximum atomic E-state index is 12.8. The molecule has 32 heavy (non-hydrogen) atoms. The summed E-state index contributed by atoms with van der Waals surface area (Å²) in [6.07, 6.45) is -0.324. The highest BCUT2D eigenvalue weighted by molar-refractivity contribution is 7.12. The minimum Gasteiger partial charge on any atom is -0.456 e. The first kappa shape index (κ1) is 20.5. The van der Waals surface area contributed by atoms with Crippen LogP contribution in [0.3, 0.4) is 0 Å². The number of anilines is 1. The van der Waals surface area contributed by atoms with Crippen molar-refractivity contribution in [2.75, 3.05) is 18.0 Å². The average Bonchev–Trinajstić information content (AvgIpc) is 3.42. The number of halogens is 3. The molecule has 0 aliphatic carbocycles. The van der Waals surface area contributed by atoms with Gasteiger partial charge in [0.25, 0.3) is 0 Å². The van der Waals surface area contributed by atoms with E-state index < -0.39 is 16.7 Å². The smallest absolute Gasteiger partial charge is 0.425 e. The zero-order valence-corrected chi connectivity index (χ0v) is 17.5. The summed E-state index contributed by atoms with van der Waals surface area (Å²) in [7, 11) is 0. The summed E-state index contributed by atoms with van der Waals surface area (Å²) in [5.74, 6) is 1.13. The van der Waals surface area contributed by atoms with E-state index >= 15 is 0 Å². The summed E-state index contributed by atoms with van der Waals surface area (Å²) >= 11 is 0.608. The Morgan fingerprint density at radius 1 is 1.16 bits per heavy atom. The first-order chi connectivity index (χ1) is 15.4. The van der Waals surface area contributed by atoms with E-state index in [1.165, 1.54) is 17.0 Å². The SMILES string of the molecule is O=c1nc(N2CC=C(c3cc4ccccc4o3)CC2)ncn1Cc1ccc(C(F)(F)F)s1. The molecule has 164 valence electrons. The lowest BCUT2D eigenvalue weighted by Gasteiger charge is -2.25. The molecule has 1 aliphatic rings. The molecule has 1 aliphatic heterocycles. The van der Waals surface area contributed by atoms with Crippen LogP contribution in [-0.2, 0) is 12.7 Å². The third-order valence-electron chi connectivity index (χ3n) is 5.26. The van der Waals surface area contributed by atoms with Crippen molar-refractivity contribution in [3.63, 3.8) is 0 Å². The molecule has 0 N–H and O–H groups in total. The van der Waals surface area contributed by atoms with Crippen LogP contribution in [0.15, 0.2) is 64.1 Å². The molecule has 0 saturated carbocycles. The van der Waals surface area contributed by atoms with Crippen LogP contribution >= 0.6 is 11.3 Å². The van der Waals surface area contributed by atoms with E-state index in [4.69, 9.17) is 4.42 Å². The number of furan rings is 1. The van der Waals surface area contributed by atoms with Crippen molar-refractivity contribution in [1.29, 1.82) is 0 Å². The van der Waals surface area contributed by atoms with Gasteiger partial charge in [-0.3, -0.25) is 4.57 Å². The molecular formula is C22H17F3N4O2S. The fourth-order valence-corrected chi connectivity index (χ4v) is 4.48. The third-order valence-corrected chi connectivity index (χ3v) is 6.37. The Balaban J connectivity index is 1.29. The molecule has 6 nitrogen and oxygen atoms in total. The van der Waals surface area contributed by atoms with Gasteiger partial charge in [-0.15, -0.1) is 11.3 Å². The highest BCUT2D eigenvalue weighted by atomic mass is 32.1. The number of benzene rings is 1. The van der Waals surface area contributed by atoms with Gasteiger partial charge in [0.1, 0.15) is 22.5 Å². The highest BCUT2D eigenvalue weighted by Crippen LogP contribution is 2.34. The van der Waals surface area contributed by atoms with Gasteiger partial charge < -0.3 is 9.32 Å². The topological polar surface area (TPSA) is 64.2 Å². The Labute approximate surface area is 184 Å². The van der Waals surface area contributed by atoms with Crippen molar-refractivity contribution >= 4 is 33.8 Å². The average molecular weight is 458 g/mol. The van der Waals surface area contributed by atoms with Crippen LogP contribution in [0.4, 0.5) is 19.1 Å². The minimum absolute atomic E-state index is 0.00400. The summed E-state index contributed by atoms with van der Waals surface area (Å²) < 4.78 is 45.4. The molecule has 0 fully saturated rings. The predicted molar refractivity (Wildman–Crippen MR) is 116 cm³/mol. The molecule has 0 atom stereocenters. The fraction of sp³-hybridized carbons (Fsp3) is 0.227. The Morgan fingerprint density at radius 3 is 2.69 bits per heavy atom. The highest BCUT2D eigenvalue weighted by Gasteiger charge is 2.32. The molecule has 4 aromatic rings. The van der Waals surface area contributed by atoms with Crippen LogP contribution in [0.1, 0.15) is 21.9 Å². The lowest BCUT2D eigenvalue weighted by Crippen LogP contribution is -2.33. The number of thiophene rings is 1. The maximum Gasteiger partial charge on any atom is 0.425 e. The van der Waals surface area contributed by atoms with Crippen LogP contribution in [0.5, 0.6) is 0 Å². The van der Waals surface area contributed by atoms with Crippen LogP contribution in [-0.4, -0.2) is 27.6 Å². The summed E-state index contributed by atoms with van der Waals surface area (Å²) in [5.41, 5.74) is 1.37. The molecule has 10 heteroatoms. The van der Waals surface area contributed by atoms with E-state index in [-0.39, 0.29) is 6.54 Å². The molecule has 0 bridgehead atoms. The number of nitrogens with zero attached hydrogens (tertiary/aromatic N) is 4. The second-order valence-corrected chi connectivity index (χ2v) is 8.57. The largest absolute Gasteiger partial charge is 0.456 e. The molecule has 3 aromatic heterocycles. The molecule has 0 amide bonds. The molecule has 0 unspecified atom stereocenters. The lowest BCUT2D eigenvalue weighted by atomic mass is 10.1. The molecule has 4 heterocycles. The quantitative estimate of drug-likeness (QED) is 0.439. The Morgan fingerprint density at radius 2 is 2.00 bits per heavy atom. The van der Waals surface area contributed by atoms with E-state index in [9.17, 15) is 18.0 Å². The van der Waals surface area contributed by atoms with Crippen molar-refractivity contribution in [2.24, 2.45) is 0 Å². The van der Waals surface area contributed by atoms with Gasteiger partial charge in [0, 0.05) is 23.4 Å². The Kier molecular flexibility index (Phi) is 5.09. The summed E-state index contributed by atoms with van der Waals surface area (Å²) in [4.78, 5) is 22.3. The number of hydrogen-bond donors (Lipinski definition) is 0. The van der Waals surface area contributed by atoms with Crippen LogP contribution in [0, 0.1) is 0 Å². The first-order valence-corrected chi connectivity index (χ1v) is 10.7. The predicted octanol–water partition coefficient (Wildman–Crippen LogP) is 4.81. The van der Waals surface area contributed by atoms with Gasteiger partial charge in [-0.2, -0.15) is 18.2 Å². The molecule has 0 spiro atoms. The van der Waals surface area contributed by atoms with E-state index in [2.05, 4.69) is 9.97 Å². The van der Waals surface area contributed by atoms with Crippen molar-refractivity contribution in [3.8, 4) is 0 Å². The van der Waals surface area contributed by atoms with Gasteiger partial charge in [0.15, 0.2) is 0 Å². The summed E-state index contributed by atoms with van der Waals surface area (Å²) in [6.45, 7) is 1.14. The fourth-order valence-electron chi connectivity index (χ4n) is 3.61. The number of rotatable bonds is 4. The van der Waals surface area contributed by atoms with E-state index in [1.54, 1.807) is 0 Å². The Hall–Kier alpha value is -3.40. The van der Waals surface area contributed by atoms with Crippen LogP contribution in [0.2, 0.25) is 0 Å². The normalized spacial score (nSPS) is 14.7.